The fourth-order valence-corrected chi connectivity index (χ4v) is 2.39. The molecule has 0 saturated heterocycles. The van der Waals surface area contributed by atoms with Gasteiger partial charge in [-0.2, -0.15) is 5.10 Å². The van der Waals surface area contributed by atoms with E-state index in [-0.39, 0.29) is 12.2 Å². The fourth-order valence-electron chi connectivity index (χ4n) is 2.39. The Balaban J connectivity index is 1.86. The molecular weight excluding hydrogens is 371 g/mol. The summed E-state index contributed by atoms with van der Waals surface area (Å²) in [4.78, 5) is 8.42. The first kappa shape index (κ1) is 21.5. The molecule has 0 amide bonds. The maximum atomic E-state index is 12.3. The Bertz CT molecular complexity index is 801. The van der Waals surface area contributed by atoms with E-state index >= 15 is 0 Å². The van der Waals surface area contributed by atoms with Gasteiger partial charge in [-0.05, 0) is 31.1 Å². The molecule has 0 saturated carbocycles. The first-order valence-electron chi connectivity index (χ1n) is 8.85. The Morgan fingerprint density at radius 1 is 1.39 bits per heavy atom. The van der Waals surface area contributed by atoms with Gasteiger partial charge in [-0.3, -0.25) is 9.67 Å². The van der Waals surface area contributed by atoms with Crippen LogP contribution in [0.2, 0.25) is 0 Å². The third-order valence-electron chi connectivity index (χ3n) is 3.48. The molecule has 0 atom stereocenters. The number of hydrogen-bond acceptors (Lipinski definition) is 3. The van der Waals surface area contributed by atoms with Crippen molar-refractivity contribution in [2.75, 3.05) is 0 Å². The normalized spacial score (nSPS) is 15.6. The molecule has 6 nitrogen and oxygen atoms in total. The van der Waals surface area contributed by atoms with Crippen LogP contribution >= 0.6 is 0 Å². The topological polar surface area (TPSA) is 63.8 Å². The van der Waals surface area contributed by atoms with E-state index in [2.05, 4.69) is 39.0 Å². The Hall–Kier alpha value is -2.84. The van der Waals surface area contributed by atoms with Gasteiger partial charge in [0.25, 0.3) is 0 Å². The summed E-state index contributed by atoms with van der Waals surface area (Å²) in [6, 6.07) is 0. The molecule has 1 aliphatic carbocycles. The van der Waals surface area contributed by atoms with E-state index in [1.807, 2.05) is 10.9 Å². The number of alkyl halides is 3. The van der Waals surface area contributed by atoms with Gasteiger partial charge in [-0.15, -0.1) is 13.2 Å². The summed E-state index contributed by atoms with van der Waals surface area (Å²) in [5.74, 6) is 0.909. The van der Waals surface area contributed by atoms with Gasteiger partial charge in [-0.1, -0.05) is 19.9 Å². The lowest BCUT2D eigenvalue weighted by Gasteiger charge is -2.09. The minimum Gasteiger partial charge on any atom is -0.410 e. The van der Waals surface area contributed by atoms with Gasteiger partial charge >= 0.3 is 6.36 Å². The van der Waals surface area contributed by atoms with Crippen molar-refractivity contribution in [2.45, 2.75) is 46.6 Å². The number of rotatable bonds is 7. The number of allylic oxidation sites excluding steroid dienone is 4. The molecule has 1 aliphatic rings. The number of nitrogens with one attached hydrogen (secondary N) is 1. The predicted octanol–water partition coefficient (Wildman–Crippen LogP) is 4.34. The van der Waals surface area contributed by atoms with Crippen LogP contribution in [0.4, 0.5) is 13.2 Å². The van der Waals surface area contributed by atoms with Crippen LogP contribution in [-0.2, 0) is 17.8 Å². The number of nitrogens with zero attached hydrogens (tertiary/aromatic N) is 4. The predicted molar refractivity (Wildman–Crippen MR) is 103 cm³/mol. The molecule has 1 aromatic heterocycles. The third kappa shape index (κ3) is 8.24. The van der Waals surface area contributed by atoms with E-state index in [9.17, 15) is 13.2 Å². The molecule has 28 heavy (non-hydrogen) atoms. The van der Waals surface area contributed by atoms with Crippen LogP contribution in [-0.4, -0.2) is 28.3 Å². The van der Waals surface area contributed by atoms with E-state index < -0.39 is 6.36 Å². The van der Waals surface area contributed by atoms with Crippen LogP contribution in [0.5, 0.6) is 0 Å². The second-order valence-electron chi connectivity index (χ2n) is 6.67. The molecule has 0 fully saturated rings. The molecule has 0 radical (unpaired) electrons. The molecule has 0 aliphatic heterocycles. The minimum atomic E-state index is -4.69. The Labute approximate surface area is 162 Å². The van der Waals surface area contributed by atoms with Gasteiger partial charge in [0.15, 0.2) is 0 Å². The van der Waals surface area contributed by atoms with Crippen LogP contribution in [0.15, 0.2) is 58.1 Å². The van der Waals surface area contributed by atoms with Gasteiger partial charge in [0.05, 0.1) is 12.7 Å². The molecule has 2 rings (SSSR count). The van der Waals surface area contributed by atoms with Crippen molar-refractivity contribution in [3.8, 4) is 0 Å². The van der Waals surface area contributed by atoms with Crippen LogP contribution in [0.1, 0.15) is 32.8 Å². The highest BCUT2D eigenvalue weighted by Gasteiger charge is 2.31. The lowest BCUT2D eigenvalue weighted by Crippen LogP contribution is -2.18. The first-order valence-corrected chi connectivity index (χ1v) is 8.85. The van der Waals surface area contributed by atoms with Gasteiger partial charge < -0.3 is 10.1 Å². The average molecular weight is 395 g/mol. The van der Waals surface area contributed by atoms with Crippen molar-refractivity contribution in [1.82, 2.24) is 15.1 Å². The van der Waals surface area contributed by atoms with E-state index in [4.69, 9.17) is 0 Å². The van der Waals surface area contributed by atoms with Crippen molar-refractivity contribution >= 4 is 12.2 Å². The Kier molecular flexibility index (Phi) is 7.60. The van der Waals surface area contributed by atoms with E-state index in [1.165, 1.54) is 18.5 Å². The molecule has 0 spiro atoms. The molecule has 9 heteroatoms. The van der Waals surface area contributed by atoms with Gasteiger partial charge in [0.2, 0.25) is 0 Å². The molecule has 1 aromatic rings. The molecule has 0 aromatic carbocycles. The lowest BCUT2D eigenvalue weighted by atomic mass is 10.2. The summed E-state index contributed by atoms with van der Waals surface area (Å²) >= 11 is 0. The Morgan fingerprint density at radius 3 is 2.89 bits per heavy atom. The molecule has 152 valence electrons. The highest BCUT2D eigenvalue weighted by Crippen LogP contribution is 2.23. The van der Waals surface area contributed by atoms with Crippen LogP contribution in [0, 0.1) is 5.92 Å². The first-order chi connectivity index (χ1) is 13.2. The van der Waals surface area contributed by atoms with E-state index in [0.29, 0.717) is 24.0 Å². The summed E-state index contributed by atoms with van der Waals surface area (Å²) in [5.41, 5.74) is 1.60. The number of ether oxygens (including phenoxy) is 1. The molecule has 1 N–H and O–H groups in total. The van der Waals surface area contributed by atoms with Crippen molar-refractivity contribution < 1.29 is 17.9 Å². The van der Waals surface area contributed by atoms with Gasteiger partial charge in [0, 0.05) is 30.4 Å². The SMILES string of the molecule is CC(=NC=NCc1cnn(CC(C)C)c1)NC1=CC=C(OC(F)(F)F)CC=C1. The minimum absolute atomic E-state index is 0.0589. The van der Waals surface area contributed by atoms with Crippen LogP contribution in [0.25, 0.3) is 0 Å². The quantitative estimate of drug-likeness (QED) is 0.552. The number of halogens is 3. The summed E-state index contributed by atoms with van der Waals surface area (Å²) in [5, 5.41) is 7.28. The van der Waals surface area contributed by atoms with Crippen molar-refractivity contribution in [3.63, 3.8) is 0 Å². The van der Waals surface area contributed by atoms with Gasteiger partial charge in [0.1, 0.15) is 17.9 Å². The largest absolute Gasteiger partial charge is 0.572 e. The summed E-state index contributed by atoms with van der Waals surface area (Å²) < 4.78 is 42.6. The smallest absolute Gasteiger partial charge is 0.410 e. The zero-order valence-corrected chi connectivity index (χ0v) is 16.1. The summed E-state index contributed by atoms with van der Waals surface area (Å²) in [6.07, 6.45) is 6.59. The highest BCUT2D eigenvalue weighted by molar-refractivity contribution is 5.88. The second-order valence-corrected chi connectivity index (χ2v) is 6.67. The average Bonchev–Trinajstić information content (AvgIpc) is 2.90. The van der Waals surface area contributed by atoms with Crippen molar-refractivity contribution in [3.05, 3.63) is 53.7 Å². The molecule has 0 unspecified atom stereocenters. The van der Waals surface area contributed by atoms with Crippen LogP contribution < -0.4 is 5.32 Å². The number of aliphatic imine (C=N–C) groups is 2. The molecular formula is C19H24F3N5O. The molecule has 0 bridgehead atoms. The highest BCUT2D eigenvalue weighted by atomic mass is 19.4. The summed E-state index contributed by atoms with van der Waals surface area (Å²) in [6.45, 7) is 7.32. The lowest BCUT2D eigenvalue weighted by molar-refractivity contribution is -0.305. The van der Waals surface area contributed by atoms with E-state index in [0.717, 1.165) is 12.1 Å². The van der Waals surface area contributed by atoms with Gasteiger partial charge in [-0.25, -0.2) is 4.99 Å². The third-order valence-corrected chi connectivity index (χ3v) is 3.48. The van der Waals surface area contributed by atoms with E-state index in [1.54, 1.807) is 25.3 Å². The number of hydrogen-bond donors (Lipinski definition) is 1. The zero-order chi connectivity index (χ0) is 20.6. The zero-order valence-electron chi connectivity index (χ0n) is 16.1. The van der Waals surface area contributed by atoms with Crippen molar-refractivity contribution in [2.24, 2.45) is 15.9 Å². The standard InChI is InChI=1S/C19H24F3N5O/c1-14(2)11-27-12-16(10-25-27)9-23-13-24-15(3)26-17-5-4-6-18(8-7-17)28-19(20,21)22/h4-5,7-8,10,12-14H,6,9,11H2,1-3H3,(H,23,24,26). The Morgan fingerprint density at radius 2 is 2.18 bits per heavy atom. The summed E-state index contributed by atoms with van der Waals surface area (Å²) in [7, 11) is 0. The maximum absolute atomic E-state index is 12.3. The number of aromatic nitrogens is 2. The monoisotopic (exact) mass is 395 g/mol. The number of amidine groups is 1. The van der Waals surface area contributed by atoms with Crippen molar-refractivity contribution in [1.29, 1.82) is 0 Å². The maximum Gasteiger partial charge on any atom is 0.572 e. The fraction of sp³-hybridized carbons (Fsp3) is 0.421. The van der Waals surface area contributed by atoms with Crippen LogP contribution in [0.3, 0.4) is 0 Å². The molecule has 1 heterocycles. The second kappa shape index (κ2) is 9.91.